The maximum atomic E-state index is 4.86. The van der Waals surface area contributed by atoms with Crippen LogP contribution >= 0.6 is 0 Å². The van der Waals surface area contributed by atoms with E-state index in [0.29, 0.717) is 12.0 Å². The number of piperidine rings is 1. The molecule has 0 saturated carbocycles. The van der Waals surface area contributed by atoms with Crippen LogP contribution in [0, 0.1) is 0 Å². The molecule has 0 aliphatic carbocycles. The quantitative estimate of drug-likeness (QED) is 0.623. The third-order valence-electron chi connectivity index (χ3n) is 5.09. The number of nitrogens with zero attached hydrogens (tertiary/aromatic N) is 3. The van der Waals surface area contributed by atoms with Gasteiger partial charge < -0.3 is 16.0 Å². The van der Waals surface area contributed by atoms with Crippen LogP contribution < -0.4 is 16.0 Å². The van der Waals surface area contributed by atoms with E-state index in [4.69, 9.17) is 4.98 Å². The Labute approximate surface area is 160 Å². The van der Waals surface area contributed by atoms with Crippen LogP contribution in [0.4, 0.5) is 11.6 Å². The monoisotopic (exact) mass is 364 g/mol. The molecule has 1 saturated heterocycles. The number of nitrogens with one attached hydrogen (secondary N) is 3. The van der Waals surface area contributed by atoms with Gasteiger partial charge in [0.05, 0.1) is 6.20 Å². The van der Waals surface area contributed by atoms with E-state index >= 15 is 0 Å². The smallest absolute Gasteiger partial charge is 0.163 e. The standard InChI is InChI=1S/C21H28N6/c1-15(2)18-14-24-27-20(25-17-9-6-10-22-13-17)11-19(26-21(18)27)23-12-16-7-4-3-5-8-16/h3-5,7-8,11,14-15,17,22,25H,6,9-10,12-13H2,1-2H3,(H,23,26)/t17-/m1/s1. The second-order valence-corrected chi connectivity index (χ2v) is 7.54. The number of anilines is 2. The molecule has 1 aromatic carbocycles. The minimum absolute atomic E-state index is 0.378. The van der Waals surface area contributed by atoms with Crippen LogP contribution in [0.25, 0.3) is 5.65 Å². The molecule has 1 fully saturated rings. The number of benzene rings is 1. The highest BCUT2D eigenvalue weighted by Gasteiger charge is 2.18. The van der Waals surface area contributed by atoms with Gasteiger partial charge in [0.2, 0.25) is 0 Å². The van der Waals surface area contributed by atoms with E-state index in [0.717, 1.165) is 36.9 Å². The molecular weight excluding hydrogens is 336 g/mol. The average molecular weight is 364 g/mol. The lowest BCUT2D eigenvalue weighted by molar-refractivity contribution is 0.478. The fourth-order valence-electron chi connectivity index (χ4n) is 3.55. The largest absolute Gasteiger partial charge is 0.366 e. The molecule has 0 radical (unpaired) electrons. The maximum absolute atomic E-state index is 4.86. The average Bonchev–Trinajstić information content (AvgIpc) is 3.13. The van der Waals surface area contributed by atoms with Crippen LogP contribution in [0.15, 0.2) is 42.6 Å². The molecule has 0 bridgehead atoms. The molecule has 3 aromatic rings. The number of hydrogen-bond donors (Lipinski definition) is 3. The van der Waals surface area contributed by atoms with Gasteiger partial charge in [-0.15, -0.1) is 0 Å². The molecule has 6 nitrogen and oxygen atoms in total. The van der Waals surface area contributed by atoms with Gasteiger partial charge >= 0.3 is 0 Å². The Balaban J connectivity index is 1.64. The van der Waals surface area contributed by atoms with Gasteiger partial charge in [-0.3, -0.25) is 0 Å². The van der Waals surface area contributed by atoms with Crippen molar-refractivity contribution < 1.29 is 0 Å². The molecule has 2 aromatic heterocycles. The lowest BCUT2D eigenvalue weighted by atomic mass is 10.1. The molecule has 6 heteroatoms. The number of fused-ring (bicyclic) bond motifs is 1. The highest BCUT2D eigenvalue weighted by atomic mass is 15.3. The predicted octanol–water partition coefficient (Wildman–Crippen LogP) is 3.63. The summed E-state index contributed by atoms with van der Waals surface area (Å²) >= 11 is 0. The number of rotatable bonds is 6. The Hall–Kier alpha value is -2.60. The fraction of sp³-hybridized carbons (Fsp3) is 0.429. The molecule has 0 spiro atoms. The Kier molecular flexibility index (Phi) is 5.25. The van der Waals surface area contributed by atoms with Gasteiger partial charge in [0.1, 0.15) is 11.6 Å². The highest BCUT2D eigenvalue weighted by Crippen LogP contribution is 2.25. The van der Waals surface area contributed by atoms with Gasteiger partial charge in [-0.2, -0.15) is 9.61 Å². The van der Waals surface area contributed by atoms with E-state index in [1.807, 2.05) is 16.8 Å². The lowest BCUT2D eigenvalue weighted by Crippen LogP contribution is -2.38. The Morgan fingerprint density at radius 2 is 2.11 bits per heavy atom. The van der Waals surface area contributed by atoms with Crippen LogP contribution in [-0.4, -0.2) is 33.7 Å². The van der Waals surface area contributed by atoms with Crippen molar-refractivity contribution in [3.8, 4) is 0 Å². The summed E-state index contributed by atoms with van der Waals surface area (Å²) in [5, 5.41) is 15.2. The second kappa shape index (κ2) is 7.96. The molecule has 0 amide bonds. The molecule has 1 atom stereocenters. The van der Waals surface area contributed by atoms with E-state index in [9.17, 15) is 0 Å². The van der Waals surface area contributed by atoms with Gasteiger partial charge in [-0.1, -0.05) is 44.2 Å². The minimum Gasteiger partial charge on any atom is -0.366 e. The first-order valence-electron chi connectivity index (χ1n) is 9.84. The molecule has 0 unspecified atom stereocenters. The topological polar surface area (TPSA) is 66.3 Å². The minimum atomic E-state index is 0.378. The zero-order valence-electron chi connectivity index (χ0n) is 16.1. The van der Waals surface area contributed by atoms with E-state index in [1.54, 1.807) is 0 Å². The van der Waals surface area contributed by atoms with Crippen LogP contribution in [0.2, 0.25) is 0 Å². The second-order valence-electron chi connectivity index (χ2n) is 7.54. The number of hydrogen-bond acceptors (Lipinski definition) is 5. The maximum Gasteiger partial charge on any atom is 0.163 e. The van der Waals surface area contributed by atoms with Crippen molar-refractivity contribution in [3.05, 3.63) is 53.7 Å². The van der Waals surface area contributed by atoms with Gasteiger partial charge in [0.25, 0.3) is 0 Å². The summed E-state index contributed by atoms with van der Waals surface area (Å²) in [7, 11) is 0. The summed E-state index contributed by atoms with van der Waals surface area (Å²) in [6.45, 7) is 7.20. The summed E-state index contributed by atoms with van der Waals surface area (Å²) in [5.41, 5.74) is 3.33. The van der Waals surface area contributed by atoms with Gasteiger partial charge in [-0.25, -0.2) is 4.98 Å². The lowest BCUT2D eigenvalue weighted by Gasteiger charge is -2.25. The summed E-state index contributed by atoms with van der Waals surface area (Å²) in [4.78, 5) is 4.86. The van der Waals surface area contributed by atoms with E-state index in [1.165, 1.54) is 24.0 Å². The molecule has 1 aliphatic heterocycles. The summed E-state index contributed by atoms with van der Waals surface area (Å²) in [5.74, 6) is 2.25. The zero-order chi connectivity index (χ0) is 18.6. The third-order valence-corrected chi connectivity index (χ3v) is 5.09. The van der Waals surface area contributed by atoms with Crippen molar-refractivity contribution in [2.45, 2.75) is 45.2 Å². The highest BCUT2D eigenvalue weighted by molar-refractivity contribution is 5.61. The Morgan fingerprint density at radius 3 is 2.85 bits per heavy atom. The van der Waals surface area contributed by atoms with Crippen LogP contribution in [0.3, 0.4) is 0 Å². The van der Waals surface area contributed by atoms with Crippen LogP contribution in [0.1, 0.15) is 43.7 Å². The van der Waals surface area contributed by atoms with E-state index in [-0.39, 0.29) is 0 Å². The normalized spacial score (nSPS) is 17.4. The van der Waals surface area contributed by atoms with Crippen molar-refractivity contribution in [2.24, 2.45) is 0 Å². The molecule has 1 aliphatic rings. The summed E-state index contributed by atoms with van der Waals surface area (Å²) < 4.78 is 1.94. The van der Waals surface area contributed by atoms with Gasteiger partial charge in [-0.05, 0) is 30.9 Å². The van der Waals surface area contributed by atoms with Gasteiger partial charge in [0.15, 0.2) is 5.65 Å². The van der Waals surface area contributed by atoms with E-state index < -0.39 is 0 Å². The summed E-state index contributed by atoms with van der Waals surface area (Å²) in [6, 6.07) is 12.9. The third kappa shape index (κ3) is 4.06. The fourth-order valence-corrected chi connectivity index (χ4v) is 3.55. The van der Waals surface area contributed by atoms with Crippen molar-refractivity contribution in [1.29, 1.82) is 0 Å². The zero-order valence-corrected chi connectivity index (χ0v) is 16.1. The first kappa shape index (κ1) is 17.8. The molecule has 4 rings (SSSR count). The molecule has 3 heterocycles. The molecular formula is C21H28N6. The van der Waals surface area contributed by atoms with Crippen LogP contribution in [0.5, 0.6) is 0 Å². The van der Waals surface area contributed by atoms with Gasteiger partial charge in [0, 0.05) is 30.8 Å². The van der Waals surface area contributed by atoms with Crippen LogP contribution in [-0.2, 0) is 6.54 Å². The molecule has 3 N–H and O–H groups in total. The van der Waals surface area contributed by atoms with Crippen molar-refractivity contribution in [3.63, 3.8) is 0 Å². The SMILES string of the molecule is CC(C)c1cnn2c(N[C@@H]3CCCNC3)cc(NCc3ccccc3)nc12. The summed E-state index contributed by atoms with van der Waals surface area (Å²) in [6.07, 6.45) is 4.31. The number of aromatic nitrogens is 3. The Bertz CT molecular complexity index is 880. The first-order chi connectivity index (χ1) is 13.2. The van der Waals surface area contributed by atoms with Crippen molar-refractivity contribution >= 4 is 17.3 Å². The Morgan fingerprint density at radius 1 is 1.26 bits per heavy atom. The predicted molar refractivity (Wildman–Crippen MR) is 110 cm³/mol. The van der Waals surface area contributed by atoms with E-state index in [2.05, 4.69) is 65.2 Å². The van der Waals surface area contributed by atoms with Crippen molar-refractivity contribution in [2.75, 3.05) is 23.7 Å². The van der Waals surface area contributed by atoms with Crippen molar-refractivity contribution in [1.82, 2.24) is 19.9 Å². The molecule has 27 heavy (non-hydrogen) atoms. The molecule has 142 valence electrons. The first-order valence-corrected chi connectivity index (χ1v) is 9.84.